The molecule has 0 aliphatic carbocycles. The Hall–Kier alpha value is -2.03. The van der Waals surface area contributed by atoms with Gasteiger partial charge >= 0.3 is 0 Å². The highest BCUT2D eigenvalue weighted by Gasteiger charge is 2.03. The Morgan fingerprint density at radius 2 is 1.80 bits per heavy atom. The van der Waals surface area contributed by atoms with Crippen LogP contribution in [0.25, 0.3) is 11.1 Å². The highest BCUT2D eigenvalue weighted by atomic mass is 16.3. The summed E-state index contributed by atoms with van der Waals surface area (Å²) in [5.41, 5.74) is 1.42. The Morgan fingerprint density at radius 3 is 2.40 bits per heavy atom. The molecular formula is C12H11NO2. The number of hydrogen-bond donors (Lipinski definition) is 1. The molecule has 0 saturated heterocycles. The third kappa shape index (κ3) is 1.76. The van der Waals surface area contributed by atoms with Crippen LogP contribution < -0.4 is 5.56 Å². The molecule has 1 N–H and O–H groups in total. The molecule has 76 valence electrons. The Labute approximate surface area is 87.2 Å². The molecule has 1 heterocycles. The van der Waals surface area contributed by atoms with Crippen LogP contribution in [0, 0.1) is 0 Å². The van der Waals surface area contributed by atoms with E-state index >= 15 is 0 Å². The van der Waals surface area contributed by atoms with E-state index in [-0.39, 0.29) is 11.3 Å². The zero-order valence-electron chi connectivity index (χ0n) is 8.34. The van der Waals surface area contributed by atoms with Crippen LogP contribution in [0.4, 0.5) is 0 Å². The van der Waals surface area contributed by atoms with Crippen molar-refractivity contribution >= 4 is 0 Å². The topological polar surface area (TPSA) is 42.2 Å². The molecular weight excluding hydrogens is 190 g/mol. The molecule has 15 heavy (non-hydrogen) atoms. The molecule has 2 rings (SSSR count). The molecule has 2 aromatic rings. The van der Waals surface area contributed by atoms with E-state index in [4.69, 9.17) is 0 Å². The summed E-state index contributed by atoms with van der Waals surface area (Å²) in [5.74, 6) is -0.223. The summed E-state index contributed by atoms with van der Waals surface area (Å²) in [7, 11) is 1.62. The maximum atomic E-state index is 11.3. The third-order valence-corrected chi connectivity index (χ3v) is 2.27. The second-order valence-electron chi connectivity index (χ2n) is 3.40. The minimum absolute atomic E-state index is 0.223. The Morgan fingerprint density at radius 1 is 1.13 bits per heavy atom. The largest absolute Gasteiger partial charge is 0.503 e. The van der Waals surface area contributed by atoms with Gasteiger partial charge in [0.25, 0.3) is 5.56 Å². The van der Waals surface area contributed by atoms with Gasteiger partial charge in [-0.3, -0.25) is 4.79 Å². The Balaban J connectivity index is 2.61. The number of pyridine rings is 1. The van der Waals surface area contributed by atoms with Gasteiger partial charge < -0.3 is 9.67 Å². The number of rotatable bonds is 1. The molecule has 3 nitrogen and oxygen atoms in total. The van der Waals surface area contributed by atoms with Crippen LogP contribution in [0.15, 0.2) is 47.4 Å². The number of aryl methyl sites for hydroxylation is 1. The fourth-order valence-corrected chi connectivity index (χ4v) is 1.48. The first kappa shape index (κ1) is 9.52. The molecule has 0 saturated carbocycles. The van der Waals surface area contributed by atoms with Crippen LogP contribution in [0.3, 0.4) is 0 Å². The molecule has 0 unspecified atom stereocenters. The van der Waals surface area contributed by atoms with Gasteiger partial charge in [-0.2, -0.15) is 0 Å². The number of benzene rings is 1. The minimum atomic E-state index is -0.380. The van der Waals surface area contributed by atoms with Crippen LogP contribution in [0.5, 0.6) is 5.75 Å². The summed E-state index contributed by atoms with van der Waals surface area (Å²) in [4.78, 5) is 11.3. The smallest absolute Gasteiger partial charge is 0.292 e. The van der Waals surface area contributed by atoms with Crippen molar-refractivity contribution in [2.24, 2.45) is 7.05 Å². The van der Waals surface area contributed by atoms with Gasteiger partial charge in [0.05, 0.1) is 0 Å². The SMILES string of the molecule is Cn1cc(-c2ccccc2)cc(O)c1=O. The second kappa shape index (κ2) is 3.61. The lowest BCUT2D eigenvalue weighted by molar-refractivity contribution is 0.461. The van der Waals surface area contributed by atoms with E-state index in [0.717, 1.165) is 11.1 Å². The van der Waals surface area contributed by atoms with Gasteiger partial charge in [0.1, 0.15) is 0 Å². The standard InChI is InChI=1S/C12H11NO2/c1-13-8-10(7-11(14)12(13)15)9-5-3-2-4-6-9/h2-8,14H,1H3. The minimum Gasteiger partial charge on any atom is -0.503 e. The van der Waals surface area contributed by atoms with E-state index in [2.05, 4.69) is 0 Å². The first-order valence-electron chi connectivity index (χ1n) is 4.63. The molecule has 0 spiro atoms. The predicted molar refractivity (Wildman–Crippen MR) is 58.8 cm³/mol. The summed E-state index contributed by atoms with van der Waals surface area (Å²) in [6, 6.07) is 11.1. The number of nitrogens with zero attached hydrogens (tertiary/aromatic N) is 1. The van der Waals surface area contributed by atoms with Crippen LogP contribution >= 0.6 is 0 Å². The summed E-state index contributed by atoms with van der Waals surface area (Å²) in [6.07, 6.45) is 1.71. The third-order valence-electron chi connectivity index (χ3n) is 2.27. The van der Waals surface area contributed by atoms with Crippen LogP contribution in [0.1, 0.15) is 0 Å². The summed E-state index contributed by atoms with van der Waals surface area (Å²) < 4.78 is 1.37. The fraction of sp³-hybridized carbons (Fsp3) is 0.0833. The average Bonchev–Trinajstić information content (AvgIpc) is 2.26. The molecule has 0 radical (unpaired) electrons. The van der Waals surface area contributed by atoms with Crippen LogP contribution in [-0.2, 0) is 7.05 Å². The first-order valence-corrected chi connectivity index (χ1v) is 4.63. The lowest BCUT2D eigenvalue weighted by Gasteiger charge is -2.04. The van der Waals surface area contributed by atoms with Crippen molar-refractivity contribution in [2.75, 3.05) is 0 Å². The van der Waals surface area contributed by atoms with Crippen molar-refractivity contribution in [3.8, 4) is 16.9 Å². The summed E-state index contributed by atoms with van der Waals surface area (Å²) in [5, 5.41) is 9.41. The quantitative estimate of drug-likeness (QED) is 0.763. The van der Waals surface area contributed by atoms with Crippen LogP contribution in [-0.4, -0.2) is 9.67 Å². The highest BCUT2D eigenvalue weighted by Crippen LogP contribution is 2.19. The lowest BCUT2D eigenvalue weighted by Crippen LogP contribution is -2.15. The number of hydrogen-bond acceptors (Lipinski definition) is 2. The highest BCUT2D eigenvalue weighted by molar-refractivity contribution is 5.63. The van der Waals surface area contributed by atoms with E-state index in [9.17, 15) is 9.90 Å². The maximum Gasteiger partial charge on any atom is 0.292 e. The molecule has 0 aliphatic heterocycles. The van der Waals surface area contributed by atoms with Gasteiger partial charge in [0, 0.05) is 18.8 Å². The van der Waals surface area contributed by atoms with Gasteiger partial charge in [-0.25, -0.2) is 0 Å². The monoisotopic (exact) mass is 201 g/mol. The molecule has 0 aliphatic rings. The molecule has 0 amide bonds. The van der Waals surface area contributed by atoms with Gasteiger partial charge in [0.15, 0.2) is 5.75 Å². The lowest BCUT2D eigenvalue weighted by atomic mass is 10.1. The Kier molecular flexibility index (Phi) is 2.29. The van der Waals surface area contributed by atoms with E-state index in [0.29, 0.717) is 0 Å². The fourth-order valence-electron chi connectivity index (χ4n) is 1.48. The van der Waals surface area contributed by atoms with Crippen molar-refractivity contribution in [3.05, 3.63) is 52.9 Å². The van der Waals surface area contributed by atoms with E-state index in [1.807, 2.05) is 30.3 Å². The zero-order valence-corrected chi connectivity index (χ0v) is 8.34. The predicted octanol–water partition coefficient (Wildman–Crippen LogP) is 1.76. The van der Waals surface area contributed by atoms with Gasteiger partial charge in [0.2, 0.25) is 0 Å². The molecule has 1 aromatic heterocycles. The number of aromatic hydroxyl groups is 1. The molecule has 0 fully saturated rings. The van der Waals surface area contributed by atoms with Gasteiger partial charge in [-0.15, -0.1) is 0 Å². The van der Waals surface area contributed by atoms with Crippen molar-refractivity contribution < 1.29 is 5.11 Å². The summed E-state index contributed by atoms with van der Waals surface area (Å²) in [6.45, 7) is 0. The van der Waals surface area contributed by atoms with E-state index in [1.165, 1.54) is 10.6 Å². The second-order valence-corrected chi connectivity index (χ2v) is 3.40. The molecule has 0 atom stereocenters. The van der Waals surface area contributed by atoms with Crippen molar-refractivity contribution in [3.63, 3.8) is 0 Å². The van der Waals surface area contributed by atoms with Gasteiger partial charge in [-0.1, -0.05) is 30.3 Å². The average molecular weight is 201 g/mol. The molecule has 1 aromatic carbocycles. The van der Waals surface area contributed by atoms with Crippen molar-refractivity contribution in [2.45, 2.75) is 0 Å². The van der Waals surface area contributed by atoms with Crippen molar-refractivity contribution in [1.82, 2.24) is 4.57 Å². The Bertz CT molecular complexity index is 503. The van der Waals surface area contributed by atoms with Gasteiger partial charge in [-0.05, 0) is 11.6 Å². The zero-order chi connectivity index (χ0) is 10.8. The normalized spacial score (nSPS) is 10.2. The summed E-state index contributed by atoms with van der Waals surface area (Å²) >= 11 is 0. The first-order chi connectivity index (χ1) is 7.18. The maximum absolute atomic E-state index is 11.3. The van der Waals surface area contributed by atoms with Crippen LogP contribution in [0.2, 0.25) is 0 Å². The number of aromatic nitrogens is 1. The van der Waals surface area contributed by atoms with Crippen molar-refractivity contribution in [1.29, 1.82) is 0 Å². The van der Waals surface area contributed by atoms with E-state index < -0.39 is 0 Å². The molecule has 3 heteroatoms. The van der Waals surface area contributed by atoms with E-state index in [1.54, 1.807) is 13.2 Å². The molecule has 0 bridgehead atoms.